The topological polar surface area (TPSA) is 78.9 Å². The molecule has 0 amide bonds. The number of unbranched alkanes of at least 4 members (excludes halogenated alkanes) is 30. The van der Waals surface area contributed by atoms with Crippen LogP contribution in [0.1, 0.15) is 265 Å². The molecule has 0 aliphatic heterocycles. The Bertz CT molecular complexity index is 927. The monoisotopic (exact) mass is 803 g/mol. The smallest absolute Gasteiger partial charge is 0.306 e. The fourth-order valence-electron chi connectivity index (χ4n) is 7.17. The lowest BCUT2D eigenvalue weighted by molar-refractivity contribution is -0.167. The molecule has 0 saturated heterocycles. The van der Waals surface area contributed by atoms with Crippen molar-refractivity contribution >= 4 is 17.9 Å². The molecule has 1 unspecified atom stereocenters. The zero-order chi connectivity index (χ0) is 41.5. The molecule has 0 N–H and O–H groups in total. The van der Waals surface area contributed by atoms with E-state index in [1.807, 2.05) is 0 Å². The van der Waals surface area contributed by atoms with Crippen molar-refractivity contribution in [2.45, 2.75) is 271 Å². The van der Waals surface area contributed by atoms with Gasteiger partial charge < -0.3 is 14.2 Å². The quantitative estimate of drug-likeness (QED) is 0.0264. The van der Waals surface area contributed by atoms with Crippen molar-refractivity contribution in [3.8, 4) is 0 Å². The number of allylic oxidation sites excluding steroid dienone is 4. The molecule has 334 valence electrons. The maximum Gasteiger partial charge on any atom is 0.306 e. The average molecular weight is 803 g/mol. The van der Waals surface area contributed by atoms with E-state index in [0.717, 1.165) is 89.9 Å². The van der Waals surface area contributed by atoms with Gasteiger partial charge in [-0.05, 0) is 44.9 Å². The second-order valence-electron chi connectivity index (χ2n) is 16.7. The Morgan fingerprint density at radius 2 is 0.649 bits per heavy atom. The molecule has 0 spiro atoms. The fraction of sp³-hybridized carbons (Fsp3) is 0.863. The van der Waals surface area contributed by atoms with Crippen LogP contribution in [0.2, 0.25) is 0 Å². The summed E-state index contributed by atoms with van der Waals surface area (Å²) >= 11 is 0. The number of carbonyl (C=O) groups is 3. The number of ether oxygens (including phenoxy) is 3. The van der Waals surface area contributed by atoms with Gasteiger partial charge >= 0.3 is 17.9 Å². The van der Waals surface area contributed by atoms with Crippen LogP contribution in [0.25, 0.3) is 0 Å². The van der Waals surface area contributed by atoms with Gasteiger partial charge in [-0.25, -0.2) is 0 Å². The molecule has 1 atom stereocenters. The van der Waals surface area contributed by atoms with Gasteiger partial charge in [-0.15, -0.1) is 0 Å². The van der Waals surface area contributed by atoms with Gasteiger partial charge in [0.1, 0.15) is 13.2 Å². The molecule has 6 heteroatoms. The minimum Gasteiger partial charge on any atom is -0.462 e. The molecule has 0 aliphatic carbocycles. The van der Waals surface area contributed by atoms with Gasteiger partial charge in [-0.2, -0.15) is 0 Å². The summed E-state index contributed by atoms with van der Waals surface area (Å²) in [5.41, 5.74) is 0. The summed E-state index contributed by atoms with van der Waals surface area (Å²) < 4.78 is 16.6. The summed E-state index contributed by atoms with van der Waals surface area (Å²) in [6, 6.07) is 0. The lowest BCUT2D eigenvalue weighted by atomic mass is 10.0. The second kappa shape index (κ2) is 46.6. The highest BCUT2D eigenvalue weighted by atomic mass is 16.6. The predicted molar refractivity (Wildman–Crippen MR) is 243 cm³/mol. The second-order valence-corrected chi connectivity index (χ2v) is 16.7. The summed E-state index contributed by atoms with van der Waals surface area (Å²) in [5, 5.41) is 0. The van der Waals surface area contributed by atoms with Crippen molar-refractivity contribution in [2.75, 3.05) is 13.2 Å². The summed E-state index contributed by atoms with van der Waals surface area (Å²) in [5.74, 6) is -0.892. The Morgan fingerprint density at radius 3 is 1.02 bits per heavy atom. The maximum absolute atomic E-state index is 12.7. The van der Waals surface area contributed by atoms with Crippen molar-refractivity contribution in [2.24, 2.45) is 0 Å². The van der Waals surface area contributed by atoms with Crippen molar-refractivity contribution in [3.05, 3.63) is 24.3 Å². The van der Waals surface area contributed by atoms with Gasteiger partial charge in [0.05, 0.1) is 0 Å². The normalized spacial score (nSPS) is 12.1. The van der Waals surface area contributed by atoms with E-state index in [0.29, 0.717) is 19.3 Å². The Labute approximate surface area is 353 Å². The van der Waals surface area contributed by atoms with Gasteiger partial charge in [0.2, 0.25) is 0 Å². The number of carbonyl (C=O) groups excluding carboxylic acids is 3. The minimum atomic E-state index is -0.770. The molecule has 0 fully saturated rings. The Hall–Kier alpha value is -2.11. The lowest BCUT2D eigenvalue weighted by Gasteiger charge is -2.18. The van der Waals surface area contributed by atoms with Gasteiger partial charge in [0.25, 0.3) is 0 Å². The third-order valence-corrected chi connectivity index (χ3v) is 11.0. The highest BCUT2D eigenvalue weighted by Crippen LogP contribution is 2.16. The van der Waals surface area contributed by atoms with Crippen LogP contribution in [0.5, 0.6) is 0 Å². The lowest BCUT2D eigenvalue weighted by Crippen LogP contribution is -2.30. The van der Waals surface area contributed by atoms with Gasteiger partial charge in [-0.3, -0.25) is 14.4 Å². The Balaban J connectivity index is 4.12. The van der Waals surface area contributed by atoms with Crippen molar-refractivity contribution in [1.82, 2.24) is 0 Å². The third-order valence-electron chi connectivity index (χ3n) is 11.0. The first-order valence-electron chi connectivity index (χ1n) is 24.8. The number of hydrogen-bond acceptors (Lipinski definition) is 6. The summed E-state index contributed by atoms with van der Waals surface area (Å²) in [4.78, 5) is 37.6. The van der Waals surface area contributed by atoms with E-state index in [4.69, 9.17) is 14.2 Å². The van der Waals surface area contributed by atoms with Gasteiger partial charge in [-0.1, -0.05) is 225 Å². The minimum absolute atomic E-state index is 0.0738. The van der Waals surface area contributed by atoms with Crippen molar-refractivity contribution in [3.63, 3.8) is 0 Å². The van der Waals surface area contributed by atoms with Gasteiger partial charge in [0.15, 0.2) is 6.10 Å². The molecule has 0 aliphatic rings. The van der Waals surface area contributed by atoms with Crippen LogP contribution in [0.15, 0.2) is 24.3 Å². The van der Waals surface area contributed by atoms with Crippen LogP contribution in [-0.2, 0) is 28.6 Å². The maximum atomic E-state index is 12.7. The molecule has 0 radical (unpaired) electrons. The predicted octanol–water partition coefficient (Wildman–Crippen LogP) is 16.0. The van der Waals surface area contributed by atoms with E-state index in [1.54, 1.807) is 0 Å². The first-order valence-corrected chi connectivity index (χ1v) is 24.8. The van der Waals surface area contributed by atoms with Crippen molar-refractivity contribution in [1.29, 1.82) is 0 Å². The van der Waals surface area contributed by atoms with E-state index in [2.05, 4.69) is 45.1 Å². The van der Waals surface area contributed by atoms with E-state index < -0.39 is 6.10 Å². The highest BCUT2D eigenvalue weighted by molar-refractivity contribution is 5.71. The first-order chi connectivity index (χ1) is 28.0. The van der Waals surface area contributed by atoms with Crippen molar-refractivity contribution < 1.29 is 28.6 Å². The Kier molecular flexibility index (Phi) is 44.9. The van der Waals surface area contributed by atoms with Crippen LogP contribution in [0, 0.1) is 0 Å². The molecule has 0 aromatic heterocycles. The molecular weight excluding hydrogens is 709 g/mol. The molecule has 0 rings (SSSR count). The third kappa shape index (κ3) is 44.8. The summed E-state index contributed by atoms with van der Waals surface area (Å²) in [6.07, 6.45) is 52.0. The average Bonchev–Trinajstić information content (AvgIpc) is 3.21. The molecule has 0 saturated carbocycles. The molecule has 0 heterocycles. The SMILES string of the molecule is CCCC/C=C\C/C=C\CCCCCCCC(=O)OC(COC(=O)CCCCCCC)COC(=O)CCCCCCCCCCCCCCCCCCCCCC. The van der Waals surface area contributed by atoms with Crippen LogP contribution >= 0.6 is 0 Å². The molecule has 0 aromatic rings. The molecule has 57 heavy (non-hydrogen) atoms. The number of esters is 3. The van der Waals surface area contributed by atoms with E-state index in [9.17, 15) is 14.4 Å². The molecule has 0 bridgehead atoms. The van der Waals surface area contributed by atoms with E-state index >= 15 is 0 Å². The van der Waals surface area contributed by atoms with Crippen LogP contribution in [0.3, 0.4) is 0 Å². The molecule has 6 nitrogen and oxygen atoms in total. The first kappa shape index (κ1) is 54.9. The zero-order valence-corrected chi connectivity index (χ0v) is 38.1. The summed E-state index contributed by atoms with van der Waals surface area (Å²) in [7, 11) is 0. The van der Waals surface area contributed by atoms with Crippen LogP contribution in [-0.4, -0.2) is 37.2 Å². The Morgan fingerprint density at radius 1 is 0.351 bits per heavy atom. The van der Waals surface area contributed by atoms with E-state index in [-0.39, 0.29) is 31.1 Å². The van der Waals surface area contributed by atoms with E-state index in [1.165, 1.54) is 135 Å². The summed E-state index contributed by atoms with van der Waals surface area (Å²) in [6.45, 7) is 6.52. The highest BCUT2D eigenvalue weighted by Gasteiger charge is 2.19. The number of hydrogen-bond donors (Lipinski definition) is 0. The van der Waals surface area contributed by atoms with Gasteiger partial charge in [0, 0.05) is 19.3 Å². The fourth-order valence-corrected chi connectivity index (χ4v) is 7.17. The molecular formula is C51H94O6. The van der Waals surface area contributed by atoms with Crippen LogP contribution in [0.4, 0.5) is 0 Å². The van der Waals surface area contributed by atoms with Crippen LogP contribution < -0.4 is 0 Å². The molecule has 0 aromatic carbocycles. The number of rotatable bonds is 45. The largest absolute Gasteiger partial charge is 0.462 e. The zero-order valence-electron chi connectivity index (χ0n) is 38.1. The standard InChI is InChI=1S/C51H94O6/c1-4-7-10-13-15-17-19-21-23-24-25-26-27-28-30-31-33-35-38-41-44-50(53)56-47-48(46-55-49(52)43-40-37-12-9-6-3)57-51(54)45-42-39-36-34-32-29-22-20-18-16-14-11-8-5-2/h14,16,20,22,48H,4-13,15,17-19,21,23-47H2,1-3H3/b16-14-,22-20-.